The van der Waals surface area contributed by atoms with Crippen molar-refractivity contribution in [3.8, 4) is 0 Å². The Morgan fingerprint density at radius 3 is 2.56 bits per heavy atom. The lowest BCUT2D eigenvalue weighted by molar-refractivity contribution is 1.09. The van der Waals surface area contributed by atoms with Gasteiger partial charge in [-0.3, -0.25) is 0 Å². The third-order valence-corrected chi connectivity index (χ3v) is 3.42. The van der Waals surface area contributed by atoms with Crippen LogP contribution in [0.5, 0.6) is 0 Å². The van der Waals surface area contributed by atoms with Crippen molar-refractivity contribution in [1.82, 2.24) is 4.98 Å². The van der Waals surface area contributed by atoms with Crippen molar-refractivity contribution < 1.29 is 0 Å². The van der Waals surface area contributed by atoms with E-state index in [1.807, 2.05) is 26.1 Å². The van der Waals surface area contributed by atoms with E-state index in [2.05, 4.69) is 44.9 Å². The lowest BCUT2D eigenvalue weighted by atomic mass is 10.1. The van der Waals surface area contributed by atoms with E-state index in [4.69, 9.17) is 5.73 Å². The highest BCUT2D eigenvalue weighted by Gasteiger charge is 2.11. The van der Waals surface area contributed by atoms with Crippen LogP contribution in [0.15, 0.2) is 34.9 Å². The molecule has 4 heteroatoms. The number of hydrogen-bond acceptors (Lipinski definition) is 3. The number of hydrogen-bond donors (Lipinski definition) is 1. The van der Waals surface area contributed by atoms with Gasteiger partial charge in [-0.15, -0.1) is 0 Å². The van der Waals surface area contributed by atoms with E-state index in [-0.39, 0.29) is 0 Å². The monoisotopic (exact) mass is 305 g/mol. The number of nitrogens with zero attached hydrogens (tertiary/aromatic N) is 2. The van der Waals surface area contributed by atoms with Crippen LogP contribution in [0, 0.1) is 13.8 Å². The summed E-state index contributed by atoms with van der Waals surface area (Å²) in [5.41, 5.74) is 9.83. The van der Waals surface area contributed by atoms with Crippen LogP contribution in [-0.4, -0.2) is 12.0 Å². The van der Waals surface area contributed by atoms with Crippen LogP contribution >= 0.6 is 15.9 Å². The Bertz CT molecular complexity index is 581. The molecule has 2 N–H and O–H groups in total. The number of nitrogen functional groups attached to an aromatic ring is 1. The first-order chi connectivity index (χ1) is 8.49. The Hall–Kier alpha value is -1.55. The number of anilines is 3. The van der Waals surface area contributed by atoms with Crippen LogP contribution in [0.25, 0.3) is 0 Å². The Kier molecular flexibility index (Phi) is 3.57. The summed E-state index contributed by atoms with van der Waals surface area (Å²) in [7, 11) is 2.01. The summed E-state index contributed by atoms with van der Waals surface area (Å²) in [5, 5.41) is 0. The fraction of sp³-hybridized carbons (Fsp3) is 0.214. The minimum Gasteiger partial charge on any atom is -0.397 e. The molecule has 2 aromatic rings. The van der Waals surface area contributed by atoms with Gasteiger partial charge in [-0.25, -0.2) is 4.98 Å². The maximum absolute atomic E-state index is 5.73. The van der Waals surface area contributed by atoms with Crippen LogP contribution < -0.4 is 10.6 Å². The van der Waals surface area contributed by atoms with Gasteiger partial charge in [0.1, 0.15) is 5.82 Å². The van der Waals surface area contributed by atoms with E-state index in [0.29, 0.717) is 5.69 Å². The Morgan fingerprint density at radius 2 is 1.89 bits per heavy atom. The largest absolute Gasteiger partial charge is 0.397 e. The van der Waals surface area contributed by atoms with Gasteiger partial charge in [0.25, 0.3) is 0 Å². The molecule has 0 saturated heterocycles. The fourth-order valence-electron chi connectivity index (χ4n) is 2.00. The highest BCUT2D eigenvalue weighted by Crippen LogP contribution is 2.30. The zero-order chi connectivity index (χ0) is 13.3. The van der Waals surface area contributed by atoms with Crippen molar-refractivity contribution in [3.05, 3.63) is 46.1 Å². The first kappa shape index (κ1) is 12.9. The number of benzene rings is 1. The van der Waals surface area contributed by atoms with Crippen molar-refractivity contribution >= 4 is 33.1 Å². The van der Waals surface area contributed by atoms with E-state index < -0.39 is 0 Å². The molecule has 0 bridgehead atoms. The minimum absolute atomic E-state index is 0.690. The van der Waals surface area contributed by atoms with Crippen molar-refractivity contribution in [2.24, 2.45) is 0 Å². The average Bonchev–Trinajstić information content (AvgIpc) is 2.31. The van der Waals surface area contributed by atoms with Gasteiger partial charge in [-0.2, -0.15) is 0 Å². The predicted molar refractivity (Wildman–Crippen MR) is 80.3 cm³/mol. The summed E-state index contributed by atoms with van der Waals surface area (Å²) in [6.07, 6.45) is 1.69. The van der Waals surface area contributed by atoms with Gasteiger partial charge in [0.2, 0.25) is 0 Å². The molecule has 0 fully saturated rings. The highest BCUT2D eigenvalue weighted by atomic mass is 79.9. The van der Waals surface area contributed by atoms with Crippen molar-refractivity contribution in [2.75, 3.05) is 17.7 Å². The summed E-state index contributed by atoms with van der Waals surface area (Å²) < 4.78 is 1.06. The normalized spacial score (nSPS) is 10.4. The minimum atomic E-state index is 0.690. The third-order valence-electron chi connectivity index (χ3n) is 2.92. The van der Waals surface area contributed by atoms with Gasteiger partial charge in [0, 0.05) is 17.2 Å². The van der Waals surface area contributed by atoms with Crippen LogP contribution in [0.2, 0.25) is 0 Å². The lowest BCUT2D eigenvalue weighted by Crippen LogP contribution is -2.14. The number of pyridine rings is 1. The molecule has 0 unspecified atom stereocenters. The molecule has 0 aliphatic heterocycles. The SMILES string of the molecule is Cc1ccc(Br)cc1N(C)c1ncc(N)cc1C. The molecule has 2 rings (SSSR count). The second-order valence-corrected chi connectivity index (χ2v) is 5.31. The smallest absolute Gasteiger partial charge is 0.135 e. The summed E-state index contributed by atoms with van der Waals surface area (Å²) in [4.78, 5) is 6.49. The lowest BCUT2D eigenvalue weighted by Gasteiger charge is -2.22. The molecule has 18 heavy (non-hydrogen) atoms. The van der Waals surface area contributed by atoms with E-state index >= 15 is 0 Å². The predicted octanol–water partition coefficient (Wildman–Crippen LogP) is 3.81. The second-order valence-electron chi connectivity index (χ2n) is 4.40. The van der Waals surface area contributed by atoms with Crippen molar-refractivity contribution in [3.63, 3.8) is 0 Å². The molecule has 0 aliphatic carbocycles. The van der Waals surface area contributed by atoms with Crippen molar-refractivity contribution in [1.29, 1.82) is 0 Å². The molecule has 94 valence electrons. The van der Waals surface area contributed by atoms with Crippen LogP contribution in [0.3, 0.4) is 0 Å². The zero-order valence-corrected chi connectivity index (χ0v) is 12.3. The first-order valence-corrected chi connectivity index (χ1v) is 6.50. The Balaban J connectivity index is 2.47. The molecular weight excluding hydrogens is 290 g/mol. The number of aryl methyl sites for hydroxylation is 2. The van der Waals surface area contributed by atoms with E-state index in [9.17, 15) is 0 Å². The van der Waals surface area contributed by atoms with E-state index in [0.717, 1.165) is 21.5 Å². The van der Waals surface area contributed by atoms with Crippen LogP contribution in [0.4, 0.5) is 17.2 Å². The van der Waals surface area contributed by atoms with E-state index in [1.54, 1.807) is 6.20 Å². The summed E-state index contributed by atoms with van der Waals surface area (Å²) >= 11 is 3.50. The maximum atomic E-state index is 5.73. The molecule has 0 atom stereocenters. The van der Waals surface area contributed by atoms with Gasteiger partial charge in [-0.05, 0) is 43.2 Å². The summed E-state index contributed by atoms with van der Waals surface area (Å²) in [6, 6.07) is 8.15. The van der Waals surface area contributed by atoms with Crippen molar-refractivity contribution in [2.45, 2.75) is 13.8 Å². The molecule has 0 radical (unpaired) electrons. The number of rotatable bonds is 2. The topological polar surface area (TPSA) is 42.2 Å². The van der Waals surface area contributed by atoms with Crippen LogP contribution in [0.1, 0.15) is 11.1 Å². The third kappa shape index (κ3) is 2.48. The molecule has 1 heterocycles. The fourth-order valence-corrected chi connectivity index (χ4v) is 2.35. The summed E-state index contributed by atoms with van der Waals surface area (Å²) in [5.74, 6) is 0.922. The molecular formula is C14H16BrN3. The average molecular weight is 306 g/mol. The van der Waals surface area contributed by atoms with Gasteiger partial charge >= 0.3 is 0 Å². The van der Waals surface area contributed by atoms with Gasteiger partial charge in [-0.1, -0.05) is 22.0 Å². The quantitative estimate of drug-likeness (QED) is 0.917. The maximum Gasteiger partial charge on any atom is 0.135 e. The molecule has 0 saturated carbocycles. The Labute approximate surface area is 116 Å². The molecule has 0 amide bonds. The summed E-state index contributed by atoms with van der Waals surface area (Å²) in [6.45, 7) is 4.10. The molecule has 1 aromatic carbocycles. The molecule has 0 spiro atoms. The highest BCUT2D eigenvalue weighted by molar-refractivity contribution is 9.10. The first-order valence-electron chi connectivity index (χ1n) is 5.71. The van der Waals surface area contributed by atoms with Crippen LogP contribution in [-0.2, 0) is 0 Å². The van der Waals surface area contributed by atoms with Gasteiger partial charge in [0.05, 0.1) is 11.9 Å². The zero-order valence-electron chi connectivity index (χ0n) is 10.7. The van der Waals surface area contributed by atoms with Gasteiger partial charge < -0.3 is 10.6 Å². The van der Waals surface area contributed by atoms with E-state index in [1.165, 1.54) is 5.56 Å². The standard InChI is InChI=1S/C14H16BrN3/c1-9-4-5-11(15)7-13(9)18(3)14-10(2)6-12(16)8-17-14/h4-8H,16H2,1-3H3. The second kappa shape index (κ2) is 4.98. The number of nitrogens with two attached hydrogens (primary N) is 1. The molecule has 0 aliphatic rings. The number of aromatic nitrogens is 1. The number of halogens is 1. The Morgan fingerprint density at radius 1 is 1.17 bits per heavy atom. The molecule has 1 aromatic heterocycles. The van der Waals surface area contributed by atoms with Gasteiger partial charge in [0.15, 0.2) is 0 Å². The molecule has 3 nitrogen and oxygen atoms in total.